The number of sulfone groups is 1. The summed E-state index contributed by atoms with van der Waals surface area (Å²) in [5.74, 6) is -0.344. The zero-order valence-corrected chi connectivity index (χ0v) is 20.2. The number of anilines is 2. The van der Waals surface area contributed by atoms with Crippen molar-refractivity contribution in [3.8, 4) is 11.4 Å². The van der Waals surface area contributed by atoms with Gasteiger partial charge in [-0.25, -0.2) is 27.8 Å². The summed E-state index contributed by atoms with van der Waals surface area (Å²) in [4.78, 5) is 14.9. The van der Waals surface area contributed by atoms with Crippen molar-refractivity contribution >= 4 is 21.5 Å². The number of piperazine rings is 1. The van der Waals surface area contributed by atoms with Crippen molar-refractivity contribution in [2.75, 3.05) is 45.2 Å². The Labute approximate surface area is 203 Å². The number of nitrogens with zero attached hydrogens (tertiary/aromatic N) is 5. The van der Waals surface area contributed by atoms with Crippen LogP contribution in [0.15, 0.2) is 47.9 Å². The molecule has 0 radical (unpaired) electrons. The number of hydrogen-bond acceptors (Lipinski definition) is 9. The Kier molecular flexibility index (Phi) is 6.78. The van der Waals surface area contributed by atoms with Gasteiger partial charge in [-0.15, -0.1) is 0 Å². The average Bonchev–Trinajstić information content (AvgIpc) is 3.36. The summed E-state index contributed by atoms with van der Waals surface area (Å²) in [6.07, 6.45) is 6.06. The molecule has 1 unspecified atom stereocenters. The molecular weight excluding hydrogens is 473 g/mol. The first kappa shape index (κ1) is 23.8. The Morgan fingerprint density at radius 1 is 1.17 bits per heavy atom. The van der Waals surface area contributed by atoms with E-state index in [2.05, 4.69) is 25.6 Å². The molecule has 0 saturated carbocycles. The molecule has 2 aliphatic rings. The lowest BCUT2D eigenvalue weighted by Gasteiger charge is -2.30. The second kappa shape index (κ2) is 9.97. The first-order valence-corrected chi connectivity index (χ1v) is 13.1. The molecule has 1 aromatic carbocycles. The number of ether oxygens (including phenoxy) is 1. The van der Waals surface area contributed by atoms with Crippen molar-refractivity contribution in [1.82, 2.24) is 29.7 Å². The van der Waals surface area contributed by atoms with Crippen LogP contribution in [0.1, 0.15) is 18.9 Å². The van der Waals surface area contributed by atoms with Gasteiger partial charge in [-0.2, -0.15) is 0 Å². The molecule has 0 aliphatic carbocycles. The van der Waals surface area contributed by atoms with Crippen molar-refractivity contribution in [1.29, 1.82) is 0 Å². The van der Waals surface area contributed by atoms with Gasteiger partial charge in [0.25, 0.3) is 0 Å². The Hall–Kier alpha value is -2.93. The van der Waals surface area contributed by atoms with E-state index in [9.17, 15) is 12.8 Å². The molecule has 0 spiro atoms. The molecule has 0 bridgehead atoms. The van der Waals surface area contributed by atoms with Crippen LogP contribution in [0.5, 0.6) is 0 Å². The molecule has 186 valence electrons. The number of aromatic nitrogens is 4. The third kappa shape index (κ3) is 5.06. The molecular formula is C23H28FN7O3S. The fourth-order valence-corrected chi connectivity index (χ4v) is 6.07. The zero-order chi connectivity index (χ0) is 24.4. The summed E-state index contributed by atoms with van der Waals surface area (Å²) in [5.41, 5.74) is 1.32. The number of halogens is 1. The highest BCUT2D eigenvalue weighted by Gasteiger charge is 2.30. The van der Waals surface area contributed by atoms with Crippen LogP contribution in [-0.2, 0) is 14.6 Å². The second-order valence-electron chi connectivity index (χ2n) is 8.82. The number of nitrogens with one attached hydrogen (secondary N) is 2. The van der Waals surface area contributed by atoms with Crippen molar-refractivity contribution in [2.24, 2.45) is 0 Å². The minimum atomic E-state index is -3.52. The predicted molar refractivity (Wildman–Crippen MR) is 128 cm³/mol. The summed E-state index contributed by atoms with van der Waals surface area (Å²) in [6, 6.07) is 6.58. The van der Waals surface area contributed by atoms with E-state index in [1.807, 2.05) is 16.5 Å². The van der Waals surface area contributed by atoms with Gasteiger partial charge in [0.2, 0.25) is 5.95 Å². The largest absolute Gasteiger partial charge is 0.381 e. The summed E-state index contributed by atoms with van der Waals surface area (Å²) >= 11 is 0. The highest BCUT2D eigenvalue weighted by Crippen LogP contribution is 2.29. The number of imidazole rings is 1. The highest BCUT2D eigenvalue weighted by molar-refractivity contribution is 7.92. The molecule has 2 N–H and O–H groups in total. The Morgan fingerprint density at radius 2 is 1.94 bits per heavy atom. The number of hydrogen-bond donors (Lipinski definition) is 2. The second-order valence-corrected chi connectivity index (χ2v) is 10.9. The molecule has 3 aromatic rings. The van der Waals surface area contributed by atoms with Crippen LogP contribution in [0.2, 0.25) is 0 Å². The molecule has 5 rings (SSSR count). The van der Waals surface area contributed by atoms with Gasteiger partial charge in [0, 0.05) is 44.6 Å². The van der Waals surface area contributed by atoms with Crippen LogP contribution in [0.3, 0.4) is 0 Å². The first-order valence-electron chi connectivity index (χ1n) is 11.6. The quantitative estimate of drug-likeness (QED) is 0.525. The van der Waals surface area contributed by atoms with E-state index in [0.717, 1.165) is 25.6 Å². The third-order valence-electron chi connectivity index (χ3n) is 6.39. The lowest BCUT2D eigenvalue weighted by atomic mass is 10.1. The summed E-state index contributed by atoms with van der Waals surface area (Å²) < 4.78 is 48.1. The maximum absolute atomic E-state index is 14.7. The number of likely N-dealkylation sites (N-methyl/N-ethyl adjacent to an activating group) is 1. The number of rotatable bonds is 6. The molecule has 2 aliphatic heterocycles. The van der Waals surface area contributed by atoms with E-state index in [-0.39, 0.29) is 22.6 Å². The molecule has 1 atom stereocenters. The van der Waals surface area contributed by atoms with E-state index in [4.69, 9.17) is 4.74 Å². The Morgan fingerprint density at radius 3 is 2.69 bits per heavy atom. The molecule has 4 heterocycles. The lowest BCUT2D eigenvalue weighted by Crippen LogP contribution is -2.52. The summed E-state index contributed by atoms with van der Waals surface area (Å²) in [7, 11) is -1.62. The van der Waals surface area contributed by atoms with Gasteiger partial charge in [-0.1, -0.05) is 0 Å². The van der Waals surface area contributed by atoms with E-state index in [1.165, 1.54) is 0 Å². The van der Waals surface area contributed by atoms with E-state index in [1.54, 1.807) is 36.8 Å². The van der Waals surface area contributed by atoms with Gasteiger partial charge in [0.05, 0.1) is 29.3 Å². The maximum Gasteiger partial charge on any atom is 0.227 e. The average molecular weight is 502 g/mol. The Balaban J connectivity index is 1.35. The Bertz CT molecular complexity index is 1280. The van der Waals surface area contributed by atoms with Crippen LogP contribution in [0.4, 0.5) is 16.0 Å². The van der Waals surface area contributed by atoms with Gasteiger partial charge < -0.3 is 19.5 Å². The first-order chi connectivity index (χ1) is 16.9. The van der Waals surface area contributed by atoms with Crippen molar-refractivity contribution in [3.05, 3.63) is 48.8 Å². The van der Waals surface area contributed by atoms with Gasteiger partial charge >= 0.3 is 0 Å². The van der Waals surface area contributed by atoms with Crippen molar-refractivity contribution in [3.63, 3.8) is 0 Å². The van der Waals surface area contributed by atoms with Gasteiger partial charge in [0.1, 0.15) is 11.1 Å². The van der Waals surface area contributed by atoms with Crippen molar-refractivity contribution in [2.45, 2.75) is 29.2 Å². The van der Waals surface area contributed by atoms with Crippen LogP contribution in [0.25, 0.3) is 11.4 Å². The molecule has 0 amide bonds. The normalized spacial score (nSPS) is 20.1. The highest BCUT2D eigenvalue weighted by atomic mass is 32.2. The SMILES string of the molecule is CN1CCNC(S(=O)(=O)c2ccc(Nc3ncc(F)c(-c4cncn4C4CCOCC4)n3)cc2)C1. The monoisotopic (exact) mass is 501 g/mol. The standard InChI is InChI=1S/C23H28FN7O3S/c1-30-9-8-26-21(14-30)35(32,33)18-4-2-16(3-5-18)28-23-27-12-19(24)22(29-23)20-13-25-15-31(20)17-6-10-34-11-7-17/h2-5,12-13,15,17,21,26H,6-11,14H2,1H3,(H,27,28,29). The van der Waals surface area contributed by atoms with E-state index >= 15 is 0 Å². The maximum atomic E-state index is 14.7. The third-order valence-corrected chi connectivity index (χ3v) is 8.39. The zero-order valence-electron chi connectivity index (χ0n) is 19.4. The van der Waals surface area contributed by atoms with Gasteiger partial charge in [-0.3, -0.25) is 5.32 Å². The molecule has 10 nitrogen and oxygen atoms in total. The van der Waals surface area contributed by atoms with Gasteiger partial charge in [0.15, 0.2) is 15.7 Å². The number of benzene rings is 1. The molecule has 12 heteroatoms. The predicted octanol–water partition coefficient (Wildman–Crippen LogP) is 2.21. The van der Waals surface area contributed by atoms with Gasteiger partial charge in [-0.05, 0) is 44.2 Å². The summed E-state index contributed by atoms with van der Waals surface area (Å²) in [5, 5.41) is 5.47. The molecule has 2 saturated heterocycles. The smallest absolute Gasteiger partial charge is 0.227 e. The molecule has 2 aromatic heterocycles. The fourth-order valence-electron chi connectivity index (χ4n) is 4.43. The minimum Gasteiger partial charge on any atom is -0.381 e. The van der Waals surface area contributed by atoms with Crippen LogP contribution in [-0.4, -0.2) is 78.1 Å². The molecule has 2 fully saturated rings. The minimum absolute atomic E-state index is 0.151. The van der Waals surface area contributed by atoms with E-state index < -0.39 is 21.0 Å². The lowest BCUT2D eigenvalue weighted by molar-refractivity contribution is 0.0699. The van der Waals surface area contributed by atoms with Crippen molar-refractivity contribution < 1.29 is 17.5 Å². The van der Waals surface area contributed by atoms with Crippen LogP contribution in [0, 0.1) is 5.82 Å². The fraction of sp³-hybridized carbons (Fsp3) is 0.435. The van der Waals surface area contributed by atoms with E-state index in [0.29, 0.717) is 37.7 Å². The topological polar surface area (TPSA) is 114 Å². The molecule has 35 heavy (non-hydrogen) atoms. The summed E-state index contributed by atoms with van der Waals surface area (Å²) in [6.45, 7) is 3.17. The van der Waals surface area contributed by atoms with Crippen LogP contribution >= 0.6 is 0 Å². The van der Waals surface area contributed by atoms with Crippen LogP contribution < -0.4 is 10.6 Å².